The summed E-state index contributed by atoms with van der Waals surface area (Å²) in [6.07, 6.45) is 2.73. The fourth-order valence-corrected chi connectivity index (χ4v) is 4.03. The van der Waals surface area contributed by atoms with E-state index in [1.807, 2.05) is 55.5 Å². The molecule has 0 amide bonds. The van der Waals surface area contributed by atoms with Crippen LogP contribution >= 0.6 is 0 Å². The van der Waals surface area contributed by atoms with Crippen molar-refractivity contribution in [1.82, 2.24) is 29.5 Å². The van der Waals surface area contributed by atoms with Gasteiger partial charge < -0.3 is 15.8 Å². The summed E-state index contributed by atoms with van der Waals surface area (Å²) in [7, 11) is 1.52. The molecule has 11 heteroatoms. The van der Waals surface area contributed by atoms with Crippen LogP contribution in [0.25, 0.3) is 27.8 Å². The lowest BCUT2D eigenvalue weighted by molar-refractivity contribution is 0.397. The van der Waals surface area contributed by atoms with E-state index < -0.39 is 6.04 Å². The molecule has 0 radical (unpaired) electrons. The average Bonchev–Trinajstić information content (AvgIpc) is 2.93. The number of nitriles is 1. The number of para-hydroxylation sites is 1. The summed E-state index contributed by atoms with van der Waals surface area (Å²) >= 11 is 0. The molecule has 0 saturated heterocycles. The van der Waals surface area contributed by atoms with Gasteiger partial charge >= 0.3 is 0 Å². The van der Waals surface area contributed by atoms with Crippen molar-refractivity contribution in [3.05, 3.63) is 88.9 Å². The zero-order valence-corrected chi connectivity index (χ0v) is 20.0. The standard InChI is InChI=1S/C26H21N9O2/c1-15(32-23-16(12-27)13-29-26(28)34-23)24-33-19-10-6-9-18(20-11-21(37-2)31-14-30-20)22(19)25(36)35(24)17-7-4-3-5-8-17/h3-11,13-15H,1-2H3,(H3,28,29,32,34). The van der Waals surface area contributed by atoms with Gasteiger partial charge in [0.15, 0.2) is 0 Å². The minimum Gasteiger partial charge on any atom is -0.481 e. The van der Waals surface area contributed by atoms with E-state index in [4.69, 9.17) is 15.5 Å². The third kappa shape index (κ3) is 4.39. The third-order valence-electron chi connectivity index (χ3n) is 5.73. The molecular weight excluding hydrogens is 470 g/mol. The molecule has 5 rings (SSSR count). The molecule has 182 valence electrons. The van der Waals surface area contributed by atoms with E-state index in [9.17, 15) is 10.1 Å². The van der Waals surface area contributed by atoms with E-state index in [0.29, 0.717) is 39.6 Å². The molecule has 1 unspecified atom stereocenters. The number of rotatable bonds is 6. The van der Waals surface area contributed by atoms with Crippen LogP contribution in [0.4, 0.5) is 11.8 Å². The number of benzene rings is 2. The normalized spacial score (nSPS) is 11.6. The largest absolute Gasteiger partial charge is 0.481 e. The van der Waals surface area contributed by atoms with Crippen LogP contribution in [0.15, 0.2) is 71.9 Å². The minimum atomic E-state index is -0.540. The number of anilines is 2. The van der Waals surface area contributed by atoms with Crippen molar-refractivity contribution in [2.75, 3.05) is 18.2 Å². The molecule has 2 aromatic carbocycles. The summed E-state index contributed by atoms with van der Waals surface area (Å²) in [4.78, 5) is 35.5. The van der Waals surface area contributed by atoms with Crippen LogP contribution in [0.3, 0.4) is 0 Å². The van der Waals surface area contributed by atoms with Gasteiger partial charge in [-0.1, -0.05) is 30.3 Å². The van der Waals surface area contributed by atoms with Gasteiger partial charge in [-0.3, -0.25) is 9.36 Å². The van der Waals surface area contributed by atoms with Crippen molar-refractivity contribution < 1.29 is 4.74 Å². The van der Waals surface area contributed by atoms with E-state index in [1.165, 1.54) is 19.6 Å². The predicted molar refractivity (Wildman–Crippen MR) is 138 cm³/mol. The molecule has 5 aromatic rings. The first-order valence-electron chi connectivity index (χ1n) is 11.3. The Kier molecular flexibility index (Phi) is 6.13. The maximum atomic E-state index is 14.2. The Bertz CT molecular complexity index is 1710. The van der Waals surface area contributed by atoms with Crippen molar-refractivity contribution in [2.24, 2.45) is 0 Å². The van der Waals surface area contributed by atoms with Crippen LogP contribution in [-0.2, 0) is 0 Å². The van der Waals surface area contributed by atoms with Crippen LogP contribution in [0.5, 0.6) is 5.88 Å². The molecule has 0 saturated carbocycles. The molecule has 0 aliphatic rings. The number of nitrogens with one attached hydrogen (secondary N) is 1. The van der Waals surface area contributed by atoms with Gasteiger partial charge in [-0.05, 0) is 25.1 Å². The summed E-state index contributed by atoms with van der Waals surface area (Å²) in [5.74, 6) is 1.07. The van der Waals surface area contributed by atoms with Crippen molar-refractivity contribution >= 4 is 22.7 Å². The SMILES string of the molecule is COc1cc(-c2cccc3nc(C(C)Nc4nc(N)ncc4C#N)n(-c4ccccc4)c(=O)c23)ncn1. The van der Waals surface area contributed by atoms with Gasteiger partial charge in [0.25, 0.3) is 5.56 Å². The van der Waals surface area contributed by atoms with Gasteiger partial charge in [-0.2, -0.15) is 10.2 Å². The van der Waals surface area contributed by atoms with Gasteiger partial charge in [0, 0.05) is 11.6 Å². The van der Waals surface area contributed by atoms with E-state index >= 15 is 0 Å². The molecular formula is C26H21N9O2. The molecule has 3 N–H and O–H groups in total. The highest BCUT2D eigenvalue weighted by Crippen LogP contribution is 2.28. The highest BCUT2D eigenvalue weighted by molar-refractivity contribution is 5.93. The topological polar surface area (TPSA) is 158 Å². The summed E-state index contributed by atoms with van der Waals surface area (Å²) in [6, 6.07) is 17.8. The Hall–Kier alpha value is -5.37. The van der Waals surface area contributed by atoms with Gasteiger partial charge in [-0.15, -0.1) is 0 Å². The van der Waals surface area contributed by atoms with Crippen LogP contribution in [-0.4, -0.2) is 36.6 Å². The van der Waals surface area contributed by atoms with Crippen LogP contribution in [0, 0.1) is 11.3 Å². The summed E-state index contributed by atoms with van der Waals surface area (Å²) in [5, 5.41) is 13.1. The van der Waals surface area contributed by atoms with Gasteiger partial charge in [0.05, 0.1) is 41.6 Å². The second-order valence-corrected chi connectivity index (χ2v) is 8.06. The van der Waals surface area contributed by atoms with E-state index in [2.05, 4.69) is 25.3 Å². The maximum absolute atomic E-state index is 14.2. The van der Waals surface area contributed by atoms with Crippen molar-refractivity contribution in [3.8, 4) is 28.9 Å². The Morgan fingerprint density at radius 1 is 1.08 bits per heavy atom. The predicted octanol–water partition coefficient (Wildman–Crippen LogP) is 3.27. The van der Waals surface area contributed by atoms with Gasteiger partial charge in [0.1, 0.15) is 29.6 Å². The fraction of sp³-hybridized carbons (Fsp3) is 0.115. The van der Waals surface area contributed by atoms with Crippen molar-refractivity contribution in [2.45, 2.75) is 13.0 Å². The second-order valence-electron chi connectivity index (χ2n) is 8.06. The van der Waals surface area contributed by atoms with E-state index in [-0.39, 0.29) is 22.9 Å². The molecule has 37 heavy (non-hydrogen) atoms. The van der Waals surface area contributed by atoms with Crippen LogP contribution in [0.1, 0.15) is 24.4 Å². The fourth-order valence-electron chi connectivity index (χ4n) is 4.03. The zero-order chi connectivity index (χ0) is 25.9. The average molecular weight is 492 g/mol. The minimum absolute atomic E-state index is 0.0190. The number of methoxy groups -OCH3 is 1. The number of ether oxygens (including phenoxy) is 1. The van der Waals surface area contributed by atoms with Crippen molar-refractivity contribution in [3.63, 3.8) is 0 Å². The first-order chi connectivity index (χ1) is 18.0. The Morgan fingerprint density at radius 2 is 1.89 bits per heavy atom. The number of nitrogen functional groups attached to an aromatic ring is 1. The Balaban J connectivity index is 1.74. The van der Waals surface area contributed by atoms with Crippen LogP contribution < -0.4 is 21.3 Å². The quantitative estimate of drug-likeness (QED) is 0.361. The molecule has 0 aliphatic carbocycles. The molecule has 11 nitrogen and oxygen atoms in total. The molecule has 3 heterocycles. The van der Waals surface area contributed by atoms with Gasteiger partial charge in [-0.25, -0.2) is 19.9 Å². The molecule has 0 aliphatic heterocycles. The van der Waals surface area contributed by atoms with E-state index in [0.717, 1.165) is 0 Å². The monoisotopic (exact) mass is 491 g/mol. The smallest absolute Gasteiger partial charge is 0.266 e. The first kappa shape index (κ1) is 23.4. The lowest BCUT2D eigenvalue weighted by atomic mass is 10.1. The number of aromatic nitrogens is 6. The van der Waals surface area contributed by atoms with E-state index in [1.54, 1.807) is 16.7 Å². The first-order valence-corrected chi connectivity index (χ1v) is 11.3. The molecule has 0 bridgehead atoms. The highest BCUT2D eigenvalue weighted by Gasteiger charge is 2.22. The second kappa shape index (κ2) is 9.71. The third-order valence-corrected chi connectivity index (χ3v) is 5.73. The molecule has 1 atom stereocenters. The Morgan fingerprint density at radius 3 is 2.65 bits per heavy atom. The lowest BCUT2D eigenvalue weighted by Crippen LogP contribution is -2.28. The van der Waals surface area contributed by atoms with Crippen LogP contribution in [0.2, 0.25) is 0 Å². The molecule has 3 aromatic heterocycles. The Labute approximate surface area is 211 Å². The summed E-state index contributed by atoms with van der Waals surface area (Å²) < 4.78 is 6.79. The molecule has 0 fully saturated rings. The lowest BCUT2D eigenvalue weighted by Gasteiger charge is -2.21. The van der Waals surface area contributed by atoms with Gasteiger partial charge in [0.2, 0.25) is 11.8 Å². The number of fused-ring (bicyclic) bond motifs is 1. The maximum Gasteiger partial charge on any atom is 0.266 e. The number of hydrogen-bond acceptors (Lipinski definition) is 10. The summed E-state index contributed by atoms with van der Waals surface area (Å²) in [6.45, 7) is 1.83. The number of hydrogen-bond donors (Lipinski definition) is 2. The van der Waals surface area contributed by atoms with Crippen molar-refractivity contribution in [1.29, 1.82) is 5.26 Å². The highest BCUT2D eigenvalue weighted by atomic mass is 16.5. The zero-order valence-electron chi connectivity index (χ0n) is 20.0. The molecule has 0 spiro atoms. The summed E-state index contributed by atoms with van der Waals surface area (Å²) in [5.41, 5.74) is 7.93. The number of nitrogens with two attached hydrogens (primary N) is 1. The number of nitrogens with zero attached hydrogens (tertiary/aromatic N) is 7.